The summed E-state index contributed by atoms with van der Waals surface area (Å²) in [6.07, 6.45) is 2.29. The molecule has 1 N–H and O–H groups in total. The molecule has 0 aromatic carbocycles. The molecule has 2 amide bonds. The second-order valence-corrected chi connectivity index (χ2v) is 7.24. The molecule has 1 rings (SSSR count). The highest BCUT2D eigenvalue weighted by atomic mass is 32.1. The normalized spacial score (nSPS) is 11.0. The van der Waals surface area contributed by atoms with Crippen LogP contribution in [-0.2, 0) is 14.3 Å². The number of aromatic nitrogens is 1. The summed E-state index contributed by atoms with van der Waals surface area (Å²) in [6.45, 7) is 11.7. The Labute approximate surface area is 155 Å². The molecule has 0 atom stereocenters. The van der Waals surface area contributed by atoms with Crippen molar-refractivity contribution in [1.82, 2.24) is 9.88 Å². The number of nitrogens with one attached hydrogen (secondary N) is 1. The highest BCUT2D eigenvalue weighted by molar-refractivity contribution is 7.15. The van der Waals surface area contributed by atoms with Gasteiger partial charge in [-0.2, -0.15) is 0 Å². The minimum Gasteiger partial charge on any atom is -0.382 e. The van der Waals surface area contributed by atoms with E-state index in [9.17, 15) is 9.59 Å². The Bertz CT molecular complexity index is 536. The predicted molar refractivity (Wildman–Crippen MR) is 102 cm³/mol. The van der Waals surface area contributed by atoms with E-state index in [-0.39, 0.29) is 24.3 Å². The van der Waals surface area contributed by atoms with E-state index in [1.54, 1.807) is 4.90 Å². The molecule has 0 aliphatic heterocycles. The van der Waals surface area contributed by atoms with Crippen molar-refractivity contribution >= 4 is 28.3 Å². The molecule has 1 aromatic rings. The number of carbonyl (C=O) groups is 2. The third-order valence-electron chi connectivity index (χ3n) is 4.18. The molecule has 0 saturated heterocycles. The minimum atomic E-state index is -0.204. The van der Waals surface area contributed by atoms with Crippen LogP contribution in [0.2, 0.25) is 0 Å². The number of thiazole rings is 1. The number of ether oxygens (including phenoxy) is 1. The van der Waals surface area contributed by atoms with Gasteiger partial charge in [0.05, 0.1) is 12.2 Å². The monoisotopic (exact) mass is 369 g/mol. The molecule has 0 fully saturated rings. The Hall–Kier alpha value is -1.47. The fourth-order valence-corrected chi connectivity index (χ4v) is 3.35. The van der Waals surface area contributed by atoms with Crippen LogP contribution in [0.4, 0.5) is 5.13 Å². The van der Waals surface area contributed by atoms with Crippen molar-refractivity contribution < 1.29 is 14.3 Å². The molecule has 7 heteroatoms. The molecule has 0 bridgehead atoms. The maximum absolute atomic E-state index is 12.7. The lowest BCUT2D eigenvalue weighted by Gasteiger charge is -2.26. The molecule has 0 unspecified atom stereocenters. The molecule has 0 radical (unpaired) electrons. The molecular weight excluding hydrogens is 338 g/mol. The lowest BCUT2D eigenvalue weighted by molar-refractivity contribution is -0.138. The summed E-state index contributed by atoms with van der Waals surface area (Å²) in [5, 5.41) is 3.40. The van der Waals surface area contributed by atoms with Crippen molar-refractivity contribution in [3.8, 4) is 0 Å². The summed E-state index contributed by atoms with van der Waals surface area (Å²) >= 11 is 1.45. The van der Waals surface area contributed by atoms with Gasteiger partial charge in [-0.15, -0.1) is 11.3 Å². The number of hydrogen-bond donors (Lipinski definition) is 1. The second-order valence-electron chi connectivity index (χ2n) is 6.03. The zero-order valence-corrected chi connectivity index (χ0v) is 16.9. The fraction of sp³-hybridized carbons (Fsp3) is 0.722. The molecule has 142 valence electrons. The van der Waals surface area contributed by atoms with Crippen LogP contribution in [-0.4, -0.2) is 48.0 Å². The molecule has 0 saturated carbocycles. The zero-order valence-electron chi connectivity index (χ0n) is 16.1. The van der Waals surface area contributed by atoms with E-state index in [0.29, 0.717) is 24.9 Å². The van der Waals surface area contributed by atoms with Crippen LogP contribution in [0.15, 0.2) is 0 Å². The van der Waals surface area contributed by atoms with Gasteiger partial charge in [0.1, 0.15) is 0 Å². The number of anilines is 1. The van der Waals surface area contributed by atoms with E-state index in [0.717, 1.165) is 29.8 Å². The highest BCUT2D eigenvalue weighted by Crippen LogP contribution is 2.21. The van der Waals surface area contributed by atoms with Gasteiger partial charge in [0.2, 0.25) is 11.8 Å². The summed E-state index contributed by atoms with van der Waals surface area (Å²) < 4.78 is 5.35. The fourth-order valence-electron chi connectivity index (χ4n) is 2.52. The quantitative estimate of drug-likeness (QED) is 0.607. The van der Waals surface area contributed by atoms with Gasteiger partial charge in [0.25, 0.3) is 0 Å². The summed E-state index contributed by atoms with van der Waals surface area (Å²) in [5.41, 5.74) is 0.918. The van der Waals surface area contributed by atoms with Gasteiger partial charge < -0.3 is 15.0 Å². The van der Waals surface area contributed by atoms with Crippen LogP contribution in [0.3, 0.4) is 0 Å². The number of hydrogen-bond acceptors (Lipinski definition) is 5. The van der Waals surface area contributed by atoms with E-state index in [2.05, 4.69) is 10.3 Å². The van der Waals surface area contributed by atoms with Crippen molar-refractivity contribution in [2.75, 3.05) is 31.6 Å². The third-order valence-corrected chi connectivity index (χ3v) is 5.16. The second kappa shape index (κ2) is 11.2. The average molecular weight is 370 g/mol. The zero-order chi connectivity index (χ0) is 18.8. The van der Waals surface area contributed by atoms with Crippen LogP contribution < -0.4 is 5.32 Å². The van der Waals surface area contributed by atoms with Gasteiger partial charge >= 0.3 is 0 Å². The van der Waals surface area contributed by atoms with E-state index in [1.807, 2.05) is 34.6 Å². The van der Waals surface area contributed by atoms with Gasteiger partial charge in [0, 0.05) is 30.6 Å². The van der Waals surface area contributed by atoms with Crippen molar-refractivity contribution in [3.05, 3.63) is 10.6 Å². The van der Waals surface area contributed by atoms with Gasteiger partial charge in [-0.05, 0) is 40.0 Å². The third kappa shape index (κ3) is 7.12. The Morgan fingerprint density at radius 1 is 1.24 bits per heavy atom. The molecular formula is C18H31N3O3S. The first-order chi connectivity index (χ1) is 11.9. The van der Waals surface area contributed by atoms with E-state index in [4.69, 9.17) is 4.74 Å². The number of rotatable bonds is 11. The average Bonchev–Trinajstić information content (AvgIpc) is 2.88. The van der Waals surface area contributed by atoms with Crippen LogP contribution in [0.5, 0.6) is 0 Å². The lowest BCUT2D eigenvalue weighted by Crippen LogP contribution is -2.42. The number of nitrogens with zero attached hydrogens (tertiary/aromatic N) is 2. The smallest absolute Gasteiger partial charge is 0.245 e. The van der Waals surface area contributed by atoms with Crippen molar-refractivity contribution in [1.29, 1.82) is 0 Å². The largest absolute Gasteiger partial charge is 0.382 e. The molecule has 1 heterocycles. The maximum Gasteiger partial charge on any atom is 0.245 e. The standard InChI is InChI=1S/C18H31N3O3S/c1-6-15(7-2)17(23)21(10-9-11-24-8-3)12-16(22)20-18-19-13(4)14(5)25-18/h15H,6-12H2,1-5H3,(H,19,20,22). The topological polar surface area (TPSA) is 71.5 Å². The maximum atomic E-state index is 12.7. The van der Waals surface area contributed by atoms with Crippen LogP contribution in [0, 0.1) is 19.8 Å². The van der Waals surface area contributed by atoms with Crippen LogP contribution in [0.25, 0.3) is 0 Å². The first kappa shape index (κ1) is 21.6. The molecule has 0 spiro atoms. The van der Waals surface area contributed by atoms with Gasteiger partial charge in [-0.3, -0.25) is 9.59 Å². The number of aryl methyl sites for hydroxylation is 2. The van der Waals surface area contributed by atoms with Gasteiger partial charge in [-0.1, -0.05) is 13.8 Å². The lowest BCUT2D eigenvalue weighted by atomic mass is 10.0. The summed E-state index contributed by atoms with van der Waals surface area (Å²) in [7, 11) is 0. The molecule has 6 nitrogen and oxygen atoms in total. The summed E-state index contributed by atoms with van der Waals surface area (Å²) in [6, 6.07) is 0. The Balaban J connectivity index is 2.69. The Morgan fingerprint density at radius 2 is 1.92 bits per heavy atom. The van der Waals surface area contributed by atoms with Crippen molar-refractivity contribution in [2.24, 2.45) is 5.92 Å². The van der Waals surface area contributed by atoms with Crippen molar-refractivity contribution in [3.63, 3.8) is 0 Å². The molecule has 25 heavy (non-hydrogen) atoms. The minimum absolute atomic E-state index is 0.0377. The molecule has 0 aliphatic carbocycles. The predicted octanol–water partition coefficient (Wildman–Crippen LogP) is 3.39. The first-order valence-corrected chi connectivity index (χ1v) is 9.84. The Morgan fingerprint density at radius 3 is 2.44 bits per heavy atom. The van der Waals surface area contributed by atoms with Crippen LogP contribution >= 0.6 is 11.3 Å². The first-order valence-electron chi connectivity index (χ1n) is 9.03. The van der Waals surface area contributed by atoms with E-state index < -0.39 is 0 Å². The van der Waals surface area contributed by atoms with Gasteiger partial charge in [-0.25, -0.2) is 4.98 Å². The number of amides is 2. The summed E-state index contributed by atoms with van der Waals surface area (Å²) in [5.74, 6) is -0.197. The van der Waals surface area contributed by atoms with Crippen LogP contribution in [0.1, 0.15) is 50.6 Å². The SMILES string of the molecule is CCOCCCN(CC(=O)Nc1nc(C)c(C)s1)C(=O)C(CC)CC. The van der Waals surface area contributed by atoms with E-state index in [1.165, 1.54) is 11.3 Å². The Kier molecular flexibility index (Phi) is 9.67. The number of carbonyl (C=O) groups excluding carboxylic acids is 2. The van der Waals surface area contributed by atoms with Crippen molar-refractivity contribution in [2.45, 2.75) is 53.9 Å². The molecule has 1 aromatic heterocycles. The highest BCUT2D eigenvalue weighted by Gasteiger charge is 2.23. The van der Waals surface area contributed by atoms with Gasteiger partial charge in [0.15, 0.2) is 5.13 Å². The molecule has 0 aliphatic rings. The summed E-state index contributed by atoms with van der Waals surface area (Å²) in [4.78, 5) is 32.1. The van der Waals surface area contributed by atoms with E-state index >= 15 is 0 Å².